The molecule has 0 aliphatic heterocycles. The number of nitrogens with zero attached hydrogens (tertiary/aromatic N) is 1. The van der Waals surface area contributed by atoms with Crippen molar-refractivity contribution in [1.29, 1.82) is 0 Å². The fourth-order valence-corrected chi connectivity index (χ4v) is 1.58. The summed E-state index contributed by atoms with van der Waals surface area (Å²) in [5.41, 5.74) is 1.46. The Bertz CT molecular complexity index is 619. The number of anilines is 1. The van der Waals surface area contributed by atoms with Crippen LogP contribution in [0.3, 0.4) is 0 Å². The van der Waals surface area contributed by atoms with Gasteiger partial charge in [0.15, 0.2) is 0 Å². The second-order valence-electron chi connectivity index (χ2n) is 3.80. The Kier molecular flexibility index (Phi) is 3.61. The van der Waals surface area contributed by atoms with E-state index in [1.807, 2.05) is 0 Å². The van der Waals surface area contributed by atoms with E-state index in [1.54, 1.807) is 31.2 Å². The molecule has 6 nitrogen and oxygen atoms in total. The van der Waals surface area contributed by atoms with Gasteiger partial charge in [0.05, 0.1) is 24.1 Å². The summed E-state index contributed by atoms with van der Waals surface area (Å²) < 4.78 is 9.35. The number of carbonyl (C=O) groups is 2. The number of benzene rings is 1. The molecule has 0 bridgehead atoms. The van der Waals surface area contributed by atoms with Crippen molar-refractivity contribution in [3.05, 3.63) is 47.3 Å². The highest BCUT2D eigenvalue weighted by Gasteiger charge is 2.17. The molecular weight excluding hydrogens is 248 g/mol. The molecule has 98 valence electrons. The molecule has 0 aliphatic rings. The molecule has 1 aromatic carbocycles. The van der Waals surface area contributed by atoms with Crippen LogP contribution in [-0.2, 0) is 4.74 Å². The zero-order valence-electron chi connectivity index (χ0n) is 10.5. The first-order chi connectivity index (χ1) is 9.13. The number of aryl methyl sites for hydroxylation is 1. The Morgan fingerprint density at radius 1 is 1.26 bits per heavy atom. The van der Waals surface area contributed by atoms with Crippen molar-refractivity contribution in [1.82, 2.24) is 5.16 Å². The van der Waals surface area contributed by atoms with E-state index in [1.165, 1.54) is 13.4 Å². The summed E-state index contributed by atoms with van der Waals surface area (Å²) in [6.45, 7) is 1.66. The number of esters is 1. The molecule has 6 heteroatoms. The lowest BCUT2D eigenvalue weighted by Gasteiger charge is -2.08. The minimum absolute atomic E-state index is 0.285. The van der Waals surface area contributed by atoms with Gasteiger partial charge in [-0.15, -0.1) is 0 Å². The standard InChI is InChI=1S/C13H12N2O4/c1-8-10(7-19-15-8)12(16)14-11-6-4-3-5-9(11)13(17)18-2/h3-7H,1-2H3,(H,14,16). The smallest absolute Gasteiger partial charge is 0.339 e. The summed E-state index contributed by atoms with van der Waals surface area (Å²) in [6.07, 6.45) is 1.26. The van der Waals surface area contributed by atoms with Crippen LogP contribution in [0.5, 0.6) is 0 Å². The maximum absolute atomic E-state index is 12.0. The molecular formula is C13H12N2O4. The van der Waals surface area contributed by atoms with E-state index in [2.05, 4.69) is 15.2 Å². The van der Waals surface area contributed by atoms with Gasteiger partial charge in [0.1, 0.15) is 11.8 Å². The number of hydrogen-bond donors (Lipinski definition) is 1. The average molecular weight is 260 g/mol. The van der Waals surface area contributed by atoms with Gasteiger partial charge in [-0.3, -0.25) is 4.79 Å². The molecule has 2 rings (SSSR count). The van der Waals surface area contributed by atoms with Crippen LogP contribution in [0.25, 0.3) is 0 Å². The monoisotopic (exact) mass is 260 g/mol. The maximum atomic E-state index is 12.0. The fourth-order valence-electron chi connectivity index (χ4n) is 1.58. The van der Waals surface area contributed by atoms with Crippen molar-refractivity contribution < 1.29 is 18.8 Å². The summed E-state index contributed by atoms with van der Waals surface area (Å²) in [5.74, 6) is -0.909. The van der Waals surface area contributed by atoms with Crippen LogP contribution in [0.1, 0.15) is 26.4 Å². The number of methoxy groups -OCH3 is 1. The SMILES string of the molecule is COC(=O)c1ccccc1NC(=O)c1conc1C. The summed E-state index contributed by atoms with van der Waals surface area (Å²) >= 11 is 0. The van der Waals surface area contributed by atoms with Crippen molar-refractivity contribution in [2.24, 2.45) is 0 Å². The lowest BCUT2D eigenvalue weighted by Crippen LogP contribution is -2.15. The lowest BCUT2D eigenvalue weighted by molar-refractivity contribution is 0.0602. The van der Waals surface area contributed by atoms with Crippen LogP contribution < -0.4 is 5.32 Å². The average Bonchev–Trinajstić information content (AvgIpc) is 2.85. The van der Waals surface area contributed by atoms with Crippen LogP contribution in [0, 0.1) is 6.92 Å². The Hall–Kier alpha value is -2.63. The fraction of sp³-hybridized carbons (Fsp3) is 0.154. The number of nitrogens with one attached hydrogen (secondary N) is 1. The van der Waals surface area contributed by atoms with E-state index >= 15 is 0 Å². The van der Waals surface area contributed by atoms with E-state index in [0.717, 1.165) is 0 Å². The second kappa shape index (κ2) is 5.34. The highest BCUT2D eigenvalue weighted by Crippen LogP contribution is 2.17. The van der Waals surface area contributed by atoms with Crippen LogP contribution >= 0.6 is 0 Å². The molecule has 2 aromatic rings. The van der Waals surface area contributed by atoms with E-state index in [0.29, 0.717) is 16.9 Å². The predicted octanol–water partition coefficient (Wildman–Crippen LogP) is 2.02. The van der Waals surface area contributed by atoms with Crippen LogP contribution in [0.4, 0.5) is 5.69 Å². The molecule has 0 saturated carbocycles. The molecule has 1 amide bonds. The Morgan fingerprint density at radius 3 is 2.63 bits per heavy atom. The summed E-state index contributed by atoms with van der Waals surface area (Å²) in [5, 5.41) is 6.25. The van der Waals surface area contributed by atoms with Crippen molar-refractivity contribution >= 4 is 17.6 Å². The third-order valence-electron chi connectivity index (χ3n) is 2.58. The molecule has 1 aromatic heterocycles. The third-order valence-corrected chi connectivity index (χ3v) is 2.58. The van der Waals surface area contributed by atoms with Crippen LogP contribution in [-0.4, -0.2) is 24.1 Å². The molecule has 0 atom stereocenters. The number of aromatic nitrogens is 1. The largest absolute Gasteiger partial charge is 0.465 e. The molecule has 1 N–H and O–H groups in total. The molecule has 0 spiro atoms. The zero-order valence-corrected chi connectivity index (χ0v) is 10.5. The highest BCUT2D eigenvalue weighted by molar-refractivity contribution is 6.08. The minimum atomic E-state index is -0.516. The lowest BCUT2D eigenvalue weighted by atomic mass is 10.1. The Morgan fingerprint density at radius 2 is 2.00 bits per heavy atom. The first kappa shape index (κ1) is 12.8. The predicted molar refractivity (Wildman–Crippen MR) is 67.0 cm³/mol. The van der Waals surface area contributed by atoms with E-state index in [9.17, 15) is 9.59 Å². The normalized spacial score (nSPS) is 10.0. The topological polar surface area (TPSA) is 81.4 Å². The molecule has 0 saturated heterocycles. The van der Waals surface area contributed by atoms with Gasteiger partial charge in [-0.2, -0.15) is 0 Å². The number of para-hydroxylation sites is 1. The Labute approximate surface area is 109 Å². The van der Waals surface area contributed by atoms with E-state index < -0.39 is 11.9 Å². The van der Waals surface area contributed by atoms with Crippen molar-refractivity contribution in [2.75, 3.05) is 12.4 Å². The van der Waals surface area contributed by atoms with Gasteiger partial charge >= 0.3 is 5.97 Å². The molecule has 19 heavy (non-hydrogen) atoms. The van der Waals surface area contributed by atoms with Gasteiger partial charge in [-0.25, -0.2) is 4.79 Å². The highest BCUT2D eigenvalue weighted by atomic mass is 16.5. The van der Waals surface area contributed by atoms with Gasteiger partial charge in [-0.1, -0.05) is 17.3 Å². The van der Waals surface area contributed by atoms with Gasteiger partial charge in [0, 0.05) is 0 Å². The Balaban J connectivity index is 2.27. The first-order valence-electron chi connectivity index (χ1n) is 5.53. The van der Waals surface area contributed by atoms with Gasteiger partial charge < -0.3 is 14.6 Å². The van der Waals surface area contributed by atoms with Crippen molar-refractivity contribution in [3.63, 3.8) is 0 Å². The molecule has 0 aliphatic carbocycles. The first-order valence-corrected chi connectivity index (χ1v) is 5.53. The van der Waals surface area contributed by atoms with Gasteiger partial charge in [0.2, 0.25) is 0 Å². The number of ether oxygens (including phenoxy) is 1. The zero-order chi connectivity index (χ0) is 13.8. The summed E-state index contributed by atoms with van der Waals surface area (Å²) in [7, 11) is 1.28. The number of rotatable bonds is 3. The third kappa shape index (κ3) is 2.62. The number of amides is 1. The van der Waals surface area contributed by atoms with Crippen LogP contribution in [0.2, 0.25) is 0 Å². The quantitative estimate of drug-likeness (QED) is 0.854. The maximum Gasteiger partial charge on any atom is 0.339 e. The van der Waals surface area contributed by atoms with Gasteiger partial charge in [0.25, 0.3) is 5.91 Å². The minimum Gasteiger partial charge on any atom is -0.465 e. The number of hydrogen-bond acceptors (Lipinski definition) is 5. The van der Waals surface area contributed by atoms with Gasteiger partial charge in [-0.05, 0) is 19.1 Å². The summed E-state index contributed by atoms with van der Waals surface area (Å²) in [4.78, 5) is 23.6. The van der Waals surface area contributed by atoms with Crippen molar-refractivity contribution in [2.45, 2.75) is 6.92 Å². The molecule has 0 fully saturated rings. The molecule has 0 radical (unpaired) electrons. The molecule has 0 unspecified atom stereocenters. The molecule has 1 heterocycles. The van der Waals surface area contributed by atoms with Crippen molar-refractivity contribution in [3.8, 4) is 0 Å². The van der Waals surface area contributed by atoms with E-state index in [4.69, 9.17) is 4.52 Å². The second-order valence-corrected chi connectivity index (χ2v) is 3.80. The number of carbonyl (C=O) groups excluding carboxylic acids is 2. The van der Waals surface area contributed by atoms with E-state index in [-0.39, 0.29) is 5.56 Å². The van der Waals surface area contributed by atoms with Crippen LogP contribution in [0.15, 0.2) is 35.1 Å². The summed E-state index contributed by atoms with van der Waals surface area (Å²) in [6, 6.07) is 6.59.